The van der Waals surface area contributed by atoms with E-state index in [1.807, 2.05) is 53.0 Å². The molecule has 0 aliphatic carbocycles. The number of fused-ring (bicyclic) bond motifs is 12. The van der Waals surface area contributed by atoms with Crippen LogP contribution >= 0.6 is 22.7 Å². The van der Waals surface area contributed by atoms with Crippen LogP contribution in [0.1, 0.15) is 0 Å². The van der Waals surface area contributed by atoms with E-state index in [9.17, 15) is 0 Å². The van der Waals surface area contributed by atoms with E-state index >= 15 is 0 Å². The van der Waals surface area contributed by atoms with Crippen LogP contribution in [0.5, 0.6) is 0 Å². The molecule has 11 aromatic carbocycles. The molecule has 0 N–H and O–H groups in total. The maximum Gasteiger partial charge on any atom is 0.164 e. The first-order valence-electron chi connectivity index (χ1n) is 25.5. The van der Waals surface area contributed by atoms with Crippen LogP contribution in [0.2, 0.25) is 0 Å². The van der Waals surface area contributed by atoms with Crippen LogP contribution < -0.4 is 0 Å². The van der Waals surface area contributed by atoms with Crippen molar-refractivity contribution in [1.82, 2.24) is 19.5 Å². The van der Waals surface area contributed by atoms with Gasteiger partial charge in [-0.25, -0.2) is 15.0 Å². The minimum absolute atomic E-state index is 0.584. The molecular formula is C69H40N4OS2. The molecule has 0 aliphatic rings. The van der Waals surface area contributed by atoms with Gasteiger partial charge in [-0.2, -0.15) is 0 Å². The van der Waals surface area contributed by atoms with Gasteiger partial charge >= 0.3 is 0 Å². The quantitative estimate of drug-likeness (QED) is 0.160. The van der Waals surface area contributed by atoms with Gasteiger partial charge in [0.2, 0.25) is 0 Å². The average molecular weight is 1010 g/mol. The first-order chi connectivity index (χ1) is 37.6. The molecule has 0 aliphatic heterocycles. The Morgan fingerprint density at radius 2 is 0.868 bits per heavy atom. The number of hydrogen-bond donors (Lipinski definition) is 0. The molecule has 0 amide bonds. The van der Waals surface area contributed by atoms with Crippen molar-refractivity contribution in [2.75, 3.05) is 0 Å². The highest BCUT2D eigenvalue weighted by Gasteiger charge is 2.22. The SMILES string of the molecule is c1ccc(-c2nc(-c3ccccc3-c3cccc4sc5ccccc5c34)nc(-c3cccc4oc5ccc(-c6ccc7sc8cc(-c9ccc%10c(c9)c9ccccc9n%10-c9ccccc9)ccc8c7c6)cc5c34)n2)cc1. The summed E-state index contributed by atoms with van der Waals surface area (Å²) in [5.74, 6) is 1.80. The molecule has 5 aromatic heterocycles. The van der Waals surface area contributed by atoms with Gasteiger partial charge in [-0.15, -0.1) is 22.7 Å². The second-order valence-electron chi connectivity index (χ2n) is 19.4. The number of hydrogen-bond acceptors (Lipinski definition) is 6. The van der Waals surface area contributed by atoms with Crippen LogP contribution in [0.3, 0.4) is 0 Å². The summed E-state index contributed by atoms with van der Waals surface area (Å²) in [5.41, 5.74) is 14.8. The minimum atomic E-state index is 0.584. The Labute approximate surface area is 443 Å². The first-order valence-corrected chi connectivity index (χ1v) is 27.1. The molecular weight excluding hydrogens is 965 g/mol. The van der Waals surface area contributed by atoms with Crippen LogP contribution in [-0.4, -0.2) is 19.5 Å². The fourth-order valence-corrected chi connectivity index (χ4v) is 13.8. The third kappa shape index (κ3) is 6.80. The molecule has 0 saturated heterocycles. The Morgan fingerprint density at radius 3 is 1.74 bits per heavy atom. The lowest BCUT2D eigenvalue weighted by atomic mass is 9.95. The zero-order chi connectivity index (χ0) is 49.8. The average Bonchev–Trinajstić information content (AvgIpc) is 4.30. The number of thiophene rings is 2. The summed E-state index contributed by atoms with van der Waals surface area (Å²) in [6, 6.07) is 86.8. The highest BCUT2D eigenvalue weighted by molar-refractivity contribution is 7.26. The summed E-state index contributed by atoms with van der Waals surface area (Å²) in [5, 5.41) is 9.48. The fraction of sp³-hybridized carbons (Fsp3) is 0. The molecule has 5 heterocycles. The van der Waals surface area contributed by atoms with Gasteiger partial charge in [0.25, 0.3) is 0 Å². The maximum atomic E-state index is 6.64. The predicted octanol–water partition coefficient (Wildman–Crippen LogP) is 19.6. The summed E-state index contributed by atoms with van der Waals surface area (Å²) in [7, 11) is 0. The van der Waals surface area contributed by atoms with Crippen molar-refractivity contribution in [3.8, 4) is 73.2 Å². The van der Waals surface area contributed by atoms with E-state index in [-0.39, 0.29) is 0 Å². The van der Waals surface area contributed by atoms with Gasteiger partial charge in [-0.05, 0) is 112 Å². The molecule has 354 valence electrons. The van der Waals surface area contributed by atoms with E-state index in [0.717, 1.165) is 66.6 Å². The third-order valence-electron chi connectivity index (χ3n) is 15.1. The van der Waals surface area contributed by atoms with Crippen molar-refractivity contribution in [3.05, 3.63) is 243 Å². The van der Waals surface area contributed by atoms with Crippen LogP contribution in [-0.2, 0) is 0 Å². The Morgan fingerprint density at radius 1 is 0.289 bits per heavy atom. The molecule has 0 spiro atoms. The zero-order valence-corrected chi connectivity index (χ0v) is 42.2. The van der Waals surface area contributed by atoms with Crippen LogP contribution in [0, 0.1) is 0 Å². The highest BCUT2D eigenvalue weighted by Crippen LogP contribution is 2.45. The Kier molecular flexibility index (Phi) is 9.61. The second kappa shape index (κ2) is 17.0. The molecule has 76 heavy (non-hydrogen) atoms. The predicted molar refractivity (Wildman–Crippen MR) is 320 cm³/mol. The maximum absolute atomic E-state index is 6.64. The summed E-state index contributed by atoms with van der Waals surface area (Å²) in [6.45, 7) is 0. The normalized spacial score (nSPS) is 11.9. The number of rotatable bonds is 7. The molecule has 5 nitrogen and oxygen atoms in total. The molecule has 16 rings (SSSR count). The standard InChI is InChI=1S/C69H40N4OS2/c1-3-15-41(16-4-1)67-70-68(51-21-8-7-19-47(51)50-23-14-28-63-66(50)52-22-10-12-27-61(52)75-63)72-69(71-67)53-24-13-26-60-65(53)56-39-43(31-35-59(56)74-60)44-32-36-62-55(38-44)49-33-29-45(40-64(49)76-62)42-30-34-58-54(37-42)48-20-9-11-25-57(48)73(58)46-17-5-2-6-18-46/h1-40H. The van der Waals surface area contributed by atoms with Crippen molar-refractivity contribution in [2.24, 2.45) is 0 Å². The van der Waals surface area contributed by atoms with Crippen LogP contribution in [0.4, 0.5) is 0 Å². The van der Waals surface area contributed by atoms with E-state index in [1.165, 1.54) is 73.3 Å². The van der Waals surface area contributed by atoms with Gasteiger partial charge < -0.3 is 8.98 Å². The molecule has 0 unspecified atom stereocenters. The number of furan rings is 1. The molecule has 0 radical (unpaired) electrons. The molecule has 16 aromatic rings. The monoisotopic (exact) mass is 1000 g/mol. The number of nitrogens with zero attached hydrogens (tertiary/aromatic N) is 4. The Bertz CT molecular complexity index is 5010. The van der Waals surface area contributed by atoms with Gasteiger partial charge in [0.05, 0.1) is 11.0 Å². The summed E-state index contributed by atoms with van der Waals surface area (Å²) < 4.78 is 14.1. The van der Waals surface area contributed by atoms with Gasteiger partial charge in [0.15, 0.2) is 17.5 Å². The van der Waals surface area contributed by atoms with E-state index in [1.54, 1.807) is 0 Å². The van der Waals surface area contributed by atoms with Gasteiger partial charge in [0, 0.05) is 84.3 Å². The van der Waals surface area contributed by atoms with Gasteiger partial charge in [0.1, 0.15) is 11.2 Å². The van der Waals surface area contributed by atoms with Crippen molar-refractivity contribution in [2.45, 2.75) is 0 Å². The number of para-hydroxylation sites is 2. The molecule has 0 fully saturated rings. The van der Waals surface area contributed by atoms with Crippen molar-refractivity contribution >= 4 is 107 Å². The molecule has 0 bridgehead atoms. The summed E-state index contributed by atoms with van der Waals surface area (Å²) in [6.07, 6.45) is 0. The topological polar surface area (TPSA) is 56.7 Å². The number of benzene rings is 11. The highest BCUT2D eigenvalue weighted by atomic mass is 32.1. The minimum Gasteiger partial charge on any atom is -0.456 e. The number of aromatic nitrogens is 4. The zero-order valence-electron chi connectivity index (χ0n) is 40.6. The van der Waals surface area contributed by atoms with Crippen molar-refractivity contribution in [1.29, 1.82) is 0 Å². The lowest BCUT2D eigenvalue weighted by Crippen LogP contribution is -2.01. The lowest BCUT2D eigenvalue weighted by molar-refractivity contribution is 0.669. The van der Waals surface area contributed by atoms with Gasteiger partial charge in [-0.1, -0.05) is 164 Å². The first kappa shape index (κ1) is 42.9. The van der Waals surface area contributed by atoms with E-state index in [0.29, 0.717) is 17.5 Å². The molecule has 7 heteroatoms. The van der Waals surface area contributed by atoms with E-state index in [4.69, 9.17) is 19.4 Å². The largest absolute Gasteiger partial charge is 0.456 e. The fourth-order valence-electron chi connectivity index (χ4n) is 11.6. The molecule has 0 saturated carbocycles. The van der Waals surface area contributed by atoms with Crippen molar-refractivity contribution < 1.29 is 4.42 Å². The summed E-state index contributed by atoms with van der Waals surface area (Å²) in [4.78, 5) is 15.9. The molecule has 0 atom stereocenters. The summed E-state index contributed by atoms with van der Waals surface area (Å²) >= 11 is 3.67. The smallest absolute Gasteiger partial charge is 0.164 e. The Hall–Kier alpha value is -9.53. The van der Waals surface area contributed by atoms with Crippen LogP contribution in [0.15, 0.2) is 247 Å². The second-order valence-corrected chi connectivity index (χ2v) is 21.6. The van der Waals surface area contributed by atoms with Gasteiger partial charge in [-0.3, -0.25) is 0 Å². The van der Waals surface area contributed by atoms with Crippen molar-refractivity contribution in [3.63, 3.8) is 0 Å². The van der Waals surface area contributed by atoms with Crippen LogP contribution in [0.25, 0.3) is 157 Å². The van der Waals surface area contributed by atoms with E-state index in [2.05, 4.69) is 217 Å². The third-order valence-corrected chi connectivity index (χ3v) is 17.4. The Balaban J connectivity index is 0.801. The van der Waals surface area contributed by atoms with E-state index < -0.39 is 0 Å². The lowest BCUT2D eigenvalue weighted by Gasteiger charge is -2.13.